The van der Waals surface area contributed by atoms with Crippen LogP contribution in [0.5, 0.6) is 11.5 Å². The van der Waals surface area contributed by atoms with Gasteiger partial charge in [-0.3, -0.25) is 19.8 Å². The van der Waals surface area contributed by atoms with Gasteiger partial charge in [0.15, 0.2) is 16.6 Å². The molecule has 0 aromatic heterocycles. The van der Waals surface area contributed by atoms with E-state index in [-0.39, 0.29) is 16.4 Å². The van der Waals surface area contributed by atoms with Gasteiger partial charge < -0.3 is 9.47 Å². The molecule has 0 atom stereocenters. The molecule has 2 aromatic rings. The Hall–Kier alpha value is -2.78. The van der Waals surface area contributed by atoms with Gasteiger partial charge >= 0.3 is 0 Å². The van der Waals surface area contributed by atoms with Crippen LogP contribution in [0.3, 0.4) is 0 Å². The minimum absolute atomic E-state index is 0.119. The summed E-state index contributed by atoms with van der Waals surface area (Å²) < 4.78 is 25.1. The number of thiocarbonyl (C=S) groups is 1. The van der Waals surface area contributed by atoms with Gasteiger partial charge in [0.05, 0.1) is 19.4 Å². The second-order valence-electron chi connectivity index (χ2n) is 5.90. The van der Waals surface area contributed by atoms with E-state index in [1.165, 1.54) is 31.4 Å². The van der Waals surface area contributed by atoms with Crippen molar-refractivity contribution in [2.75, 3.05) is 18.6 Å². The number of anilines is 1. The SMILES string of the molecule is CCOc1cc(Br)c(C=C2C(=O)NC(=S)N(c3cccc(F)c3)C2=O)cc1OC. The first kappa shape index (κ1) is 20.9. The molecule has 3 rings (SSSR count). The van der Waals surface area contributed by atoms with Crippen molar-refractivity contribution in [3.8, 4) is 11.5 Å². The second-order valence-corrected chi connectivity index (χ2v) is 7.14. The summed E-state index contributed by atoms with van der Waals surface area (Å²) in [5, 5.41) is 2.34. The van der Waals surface area contributed by atoms with Crippen molar-refractivity contribution in [3.05, 3.63) is 57.8 Å². The van der Waals surface area contributed by atoms with Crippen molar-refractivity contribution in [1.29, 1.82) is 0 Å². The number of carbonyl (C=O) groups is 2. The molecular formula is C20H16BrFN2O4S. The molecule has 1 aliphatic rings. The molecule has 150 valence electrons. The lowest BCUT2D eigenvalue weighted by molar-refractivity contribution is -0.122. The van der Waals surface area contributed by atoms with Gasteiger partial charge in [0, 0.05) is 4.47 Å². The Balaban J connectivity index is 2.05. The van der Waals surface area contributed by atoms with E-state index in [1.54, 1.807) is 12.1 Å². The fourth-order valence-electron chi connectivity index (χ4n) is 2.75. The first-order chi connectivity index (χ1) is 13.8. The molecule has 1 saturated heterocycles. The summed E-state index contributed by atoms with van der Waals surface area (Å²) in [4.78, 5) is 26.5. The fourth-order valence-corrected chi connectivity index (χ4v) is 3.47. The first-order valence-corrected chi connectivity index (χ1v) is 9.73. The average Bonchev–Trinajstić information content (AvgIpc) is 2.66. The van der Waals surface area contributed by atoms with E-state index in [4.69, 9.17) is 21.7 Å². The van der Waals surface area contributed by atoms with Gasteiger partial charge in [0.25, 0.3) is 11.8 Å². The van der Waals surface area contributed by atoms with E-state index >= 15 is 0 Å². The molecular weight excluding hydrogens is 463 g/mol. The number of ether oxygens (including phenoxy) is 2. The van der Waals surface area contributed by atoms with Crippen molar-refractivity contribution in [3.63, 3.8) is 0 Å². The van der Waals surface area contributed by atoms with Crippen LogP contribution < -0.4 is 19.7 Å². The fraction of sp³-hybridized carbons (Fsp3) is 0.150. The first-order valence-electron chi connectivity index (χ1n) is 8.53. The Morgan fingerprint density at radius 3 is 2.66 bits per heavy atom. The lowest BCUT2D eigenvalue weighted by Crippen LogP contribution is -2.54. The van der Waals surface area contributed by atoms with Gasteiger partial charge in [0.2, 0.25) is 0 Å². The number of methoxy groups -OCH3 is 1. The van der Waals surface area contributed by atoms with Crippen LogP contribution in [0.2, 0.25) is 0 Å². The van der Waals surface area contributed by atoms with Gasteiger partial charge in [-0.25, -0.2) is 4.39 Å². The lowest BCUT2D eigenvalue weighted by Gasteiger charge is -2.29. The highest BCUT2D eigenvalue weighted by Gasteiger charge is 2.34. The maximum Gasteiger partial charge on any atom is 0.270 e. The Kier molecular flexibility index (Phi) is 6.29. The van der Waals surface area contributed by atoms with Crippen molar-refractivity contribution in [1.82, 2.24) is 5.32 Å². The molecule has 1 fully saturated rings. The number of halogens is 2. The number of hydrogen-bond donors (Lipinski definition) is 1. The van der Waals surface area contributed by atoms with Crippen LogP contribution in [0.4, 0.5) is 10.1 Å². The second kappa shape index (κ2) is 8.71. The lowest BCUT2D eigenvalue weighted by atomic mass is 10.1. The summed E-state index contributed by atoms with van der Waals surface area (Å²) in [6, 6.07) is 8.72. The van der Waals surface area contributed by atoms with Gasteiger partial charge in [-0.15, -0.1) is 0 Å². The van der Waals surface area contributed by atoms with Crippen molar-refractivity contribution in [2.24, 2.45) is 0 Å². The monoisotopic (exact) mass is 478 g/mol. The minimum atomic E-state index is -0.663. The normalized spacial score (nSPS) is 15.5. The largest absolute Gasteiger partial charge is 0.493 e. The molecule has 2 amide bonds. The van der Waals surface area contributed by atoms with Crippen LogP contribution in [0, 0.1) is 5.82 Å². The Bertz CT molecular complexity index is 1040. The van der Waals surface area contributed by atoms with E-state index < -0.39 is 17.6 Å². The molecule has 1 aliphatic heterocycles. The summed E-state index contributed by atoms with van der Waals surface area (Å²) in [5.74, 6) is -0.870. The molecule has 1 heterocycles. The highest BCUT2D eigenvalue weighted by atomic mass is 79.9. The summed E-state index contributed by atoms with van der Waals surface area (Å²) in [6.07, 6.45) is 1.41. The third-order valence-corrected chi connectivity index (χ3v) is 5.02. The molecule has 9 heteroatoms. The molecule has 0 saturated carbocycles. The highest BCUT2D eigenvalue weighted by Crippen LogP contribution is 2.35. The number of amides is 2. The zero-order valence-electron chi connectivity index (χ0n) is 15.5. The smallest absolute Gasteiger partial charge is 0.270 e. The molecule has 0 spiro atoms. The van der Waals surface area contributed by atoms with Crippen LogP contribution in [0.15, 0.2) is 46.4 Å². The molecule has 6 nitrogen and oxygen atoms in total. The number of nitrogens with zero attached hydrogens (tertiary/aromatic N) is 1. The van der Waals surface area contributed by atoms with E-state index in [2.05, 4.69) is 21.2 Å². The number of hydrogen-bond acceptors (Lipinski definition) is 5. The van der Waals surface area contributed by atoms with E-state index in [0.717, 1.165) is 11.0 Å². The molecule has 1 N–H and O–H groups in total. The van der Waals surface area contributed by atoms with Crippen LogP contribution in [0.25, 0.3) is 6.08 Å². The molecule has 0 bridgehead atoms. The van der Waals surface area contributed by atoms with Gasteiger partial charge in [-0.1, -0.05) is 22.0 Å². The van der Waals surface area contributed by atoms with Crippen molar-refractivity contribution < 1.29 is 23.5 Å². The Labute approximate surface area is 180 Å². The van der Waals surface area contributed by atoms with Crippen LogP contribution in [-0.2, 0) is 9.59 Å². The van der Waals surface area contributed by atoms with E-state index in [9.17, 15) is 14.0 Å². The summed E-state index contributed by atoms with van der Waals surface area (Å²) in [6.45, 7) is 2.29. The zero-order valence-corrected chi connectivity index (χ0v) is 17.9. The van der Waals surface area contributed by atoms with E-state index in [1.807, 2.05) is 6.92 Å². The van der Waals surface area contributed by atoms with Crippen LogP contribution in [0.1, 0.15) is 12.5 Å². The van der Waals surface area contributed by atoms with Crippen molar-refractivity contribution in [2.45, 2.75) is 6.92 Å². The highest BCUT2D eigenvalue weighted by molar-refractivity contribution is 9.10. The van der Waals surface area contributed by atoms with Crippen molar-refractivity contribution >= 4 is 56.8 Å². The van der Waals surface area contributed by atoms with Crippen LogP contribution in [-0.4, -0.2) is 30.6 Å². The number of carbonyl (C=O) groups excluding carboxylic acids is 2. The summed E-state index contributed by atoms with van der Waals surface area (Å²) in [7, 11) is 1.49. The van der Waals surface area contributed by atoms with Gasteiger partial charge in [0.1, 0.15) is 11.4 Å². The molecule has 2 aromatic carbocycles. The quantitative estimate of drug-likeness (QED) is 0.401. The predicted molar refractivity (Wildman–Crippen MR) is 114 cm³/mol. The Morgan fingerprint density at radius 2 is 2.00 bits per heavy atom. The van der Waals surface area contributed by atoms with E-state index in [0.29, 0.717) is 28.1 Å². The molecule has 29 heavy (non-hydrogen) atoms. The topological polar surface area (TPSA) is 67.9 Å². The van der Waals surface area contributed by atoms with Gasteiger partial charge in [-0.05, 0) is 61.1 Å². The third kappa shape index (κ3) is 4.30. The predicted octanol–water partition coefficient (Wildman–Crippen LogP) is 3.83. The molecule has 0 aliphatic carbocycles. The maximum atomic E-state index is 13.6. The molecule has 0 radical (unpaired) electrons. The standard InChI is InChI=1S/C20H16BrFN2O4S/c1-3-28-17-10-15(21)11(8-16(17)27-2)7-14-18(25)23-20(29)24(19(14)26)13-6-4-5-12(22)9-13/h4-10H,3H2,1-2H3,(H,23,25,29). The van der Waals surface area contributed by atoms with Gasteiger partial charge in [-0.2, -0.15) is 0 Å². The summed E-state index contributed by atoms with van der Waals surface area (Å²) in [5.41, 5.74) is 0.583. The molecule has 0 unspecified atom stereocenters. The minimum Gasteiger partial charge on any atom is -0.493 e. The summed E-state index contributed by atoms with van der Waals surface area (Å²) >= 11 is 8.53. The number of rotatable bonds is 5. The third-order valence-electron chi connectivity index (χ3n) is 4.05. The zero-order chi connectivity index (χ0) is 21.1. The van der Waals surface area contributed by atoms with Crippen LogP contribution >= 0.6 is 28.1 Å². The maximum absolute atomic E-state index is 13.6. The average molecular weight is 479 g/mol. The number of benzene rings is 2. The Morgan fingerprint density at radius 1 is 1.24 bits per heavy atom. The number of nitrogens with one attached hydrogen (secondary N) is 1.